The first kappa shape index (κ1) is 13.6. The number of halogens is 1. The molecule has 5 nitrogen and oxygen atoms in total. The molecule has 1 atom stereocenters. The van der Waals surface area contributed by atoms with Gasteiger partial charge in [0, 0.05) is 13.2 Å². The fourth-order valence-corrected chi connectivity index (χ4v) is 1.78. The highest BCUT2D eigenvalue weighted by atomic mass is 35.5. The van der Waals surface area contributed by atoms with Crippen LogP contribution in [0.3, 0.4) is 0 Å². The standard InChI is InChI=1S/C11H15ClN2O3/c1-3-4-8(11(16)17)13-10(15)9-5-7(12)6-14(9)2/h5-6,8H,3-4H2,1-2H3,(H,13,15)(H,16,17). The van der Waals surface area contributed by atoms with Crippen molar-refractivity contribution in [2.45, 2.75) is 25.8 Å². The molecular weight excluding hydrogens is 244 g/mol. The van der Waals surface area contributed by atoms with E-state index in [0.29, 0.717) is 23.6 Å². The molecule has 0 saturated heterocycles. The van der Waals surface area contributed by atoms with E-state index in [9.17, 15) is 9.59 Å². The van der Waals surface area contributed by atoms with E-state index in [1.807, 2.05) is 6.92 Å². The average molecular weight is 259 g/mol. The Labute approximate surface area is 104 Å². The molecule has 0 aliphatic carbocycles. The first-order chi connectivity index (χ1) is 7.95. The summed E-state index contributed by atoms with van der Waals surface area (Å²) in [7, 11) is 1.68. The molecule has 0 aromatic carbocycles. The van der Waals surface area contributed by atoms with Crippen molar-refractivity contribution in [2.75, 3.05) is 0 Å². The summed E-state index contributed by atoms with van der Waals surface area (Å²) in [6.07, 6.45) is 2.68. The molecule has 1 amide bonds. The number of carboxylic acid groups (broad SMARTS) is 1. The average Bonchev–Trinajstić information content (AvgIpc) is 2.57. The van der Waals surface area contributed by atoms with Gasteiger partial charge in [-0.3, -0.25) is 4.79 Å². The van der Waals surface area contributed by atoms with E-state index in [-0.39, 0.29) is 0 Å². The van der Waals surface area contributed by atoms with E-state index in [1.54, 1.807) is 17.8 Å². The van der Waals surface area contributed by atoms with Gasteiger partial charge in [0.1, 0.15) is 11.7 Å². The highest BCUT2D eigenvalue weighted by Gasteiger charge is 2.21. The molecule has 6 heteroatoms. The van der Waals surface area contributed by atoms with Crippen molar-refractivity contribution in [2.24, 2.45) is 7.05 Å². The van der Waals surface area contributed by atoms with Crippen molar-refractivity contribution < 1.29 is 14.7 Å². The van der Waals surface area contributed by atoms with Crippen molar-refractivity contribution in [3.63, 3.8) is 0 Å². The van der Waals surface area contributed by atoms with Crippen LogP contribution >= 0.6 is 11.6 Å². The number of aromatic nitrogens is 1. The Bertz CT molecular complexity index is 428. The lowest BCUT2D eigenvalue weighted by molar-refractivity contribution is -0.139. The molecule has 1 unspecified atom stereocenters. The highest BCUT2D eigenvalue weighted by Crippen LogP contribution is 2.13. The van der Waals surface area contributed by atoms with E-state index in [0.717, 1.165) is 0 Å². The van der Waals surface area contributed by atoms with Crippen LogP contribution in [0.25, 0.3) is 0 Å². The van der Waals surface area contributed by atoms with Crippen molar-refractivity contribution in [1.82, 2.24) is 9.88 Å². The number of carbonyl (C=O) groups is 2. The molecule has 0 fully saturated rings. The monoisotopic (exact) mass is 258 g/mol. The van der Waals surface area contributed by atoms with E-state index in [1.165, 1.54) is 6.07 Å². The van der Waals surface area contributed by atoms with Gasteiger partial charge in [0.2, 0.25) is 0 Å². The molecule has 0 aliphatic heterocycles. The number of aliphatic carboxylic acids is 1. The predicted molar refractivity (Wildman–Crippen MR) is 64.2 cm³/mol. The van der Waals surface area contributed by atoms with E-state index < -0.39 is 17.9 Å². The molecule has 0 radical (unpaired) electrons. The van der Waals surface area contributed by atoms with Crippen LogP contribution in [0.1, 0.15) is 30.3 Å². The Morgan fingerprint density at radius 2 is 2.24 bits per heavy atom. The van der Waals surface area contributed by atoms with Crippen molar-refractivity contribution in [3.05, 3.63) is 23.0 Å². The zero-order valence-corrected chi connectivity index (χ0v) is 10.5. The second kappa shape index (κ2) is 5.72. The topological polar surface area (TPSA) is 71.3 Å². The quantitative estimate of drug-likeness (QED) is 0.844. The summed E-state index contributed by atoms with van der Waals surface area (Å²) in [6.45, 7) is 1.86. The molecular formula is C11H15ClN2O3. The summed E-state index contributed by atoms with van der Waals surface area (Å²) in [5, 5.41) is 11.8. The lowest BCUT2D eigenvalue weighted by atomic mass is 10.1. The smallest absolute Gasteiger partial charge is 0.326 e. The van der Waals surface area contributed by atoms with Gasteiger partial charge in [-0.1, -0.05) is 24.9 Å². The number of rotatable bonds is 5. The number of carboxylic acids is 1. The minimum atomic E-state index is -1.03. The van der Waals surface area contributed by atoms with Crippen LogP contribution in [0.2, 0.25) is 5.02 Å². The summed E-state index contributed by atoms with van der Waals surface area (Å²) in [5.41, 5.74) is 0.345. The maximum Gasteiger partial charge on any atom is 0.326 e. The zero-order chi connectivity index (χ0) is 13.0. The molecule has 17 heavy (non-hydrogen) atoms. The SMILES string of the molecule is CCCC(NC(=O)c1cc(Cl)cn1C)C(=O)O. The third kappa shape index (κ3) is 3.49. The van der Waals surface area contributed by atoms with Gasteiger partial charge in [0.05, 0.1) is 5.02 Å². The Morgan fingerprint density at radius 3 is 2.65 bits per heavy atom. The van der Waals surface area contributed by atoms with Crippen LogP contribution in [0.5, 0.6) is 0 Å². The van der Waals surface area contributed by atoms with Crippen LogP contribution in [0.4, 0.5) is 0 Å². The molecule has 1 aromatic heterocycles. The largest absolute Gasteiger partial charge is 0.480 e. The fourth-order valence-electron chi connectivity index (χ4n) is 1.53. The van der Waals surface area contributed by atoms with Crippen LogP contribution < -0.4 is 5.32 Å². The van der Waals surface area contributed by atoms with Gasteiger partial charge in [0.15, 0.2) is 0 Å². The van der Waals surface area contributed by atoms with Gasteiger partial charge in [0.25, 0.3) is 5.91 Å². The predicted octanol–water partition coefficient (Wildman–Crippen LogP) is 1.66. The third-order valence-electron chi connectivity index (χ3n) is 2.38. The number of nitrogens with one attached hydrogen (secondary N) is 1. The second-order valence-corrected chi connectivity index (χ2v) is 4.24. The fraction of sp³-hybridized carbons (Fsp3) is 0.455. The molecule has 0 bridgehead atoms. The zero-order valence-electron chi connectivity index (χ0n) is 9.74. The highest BCUT2D eigenvalue weighted by molar-refractivity contribution is 6.31. The number of hydrogen-bond acceptors (Lipinski definition) is 2. The molecule has 0 spiro atoms. The van der Waals surface area contributed by atoms with Crippen LogP contribution in [0, 0.1) is 0 Å². The van der Waals surface area contributed by atoms with E-state index in [2.05, 4.69) is 5.32 Å². The molecule has 1 aromatic rings. The number of amides is 1. The molecule has 2 N–H and O–H groups in total. The van der Waals surface area contributed by atoms with Crippen molar-refractivity contribution in [1.29, 1.82) is 0 Å². The summed E-state index contributed by atoms with van der Waals surface area (Å²) in [6, 6.07) is 0.642. The molecule has 94 valence electrons. The maximum atomic E-state index is 11.8. The first-order valence-corrected chi connectivity index (χ1v) is 5.69. The van der Waals surface area contributed by atoms with E-state index >= 15 is 0 Å². The summed E-state index contributed by atoms with van der Waals surface area (Å²) < 4.78 is 1.56. The second-order valence-electron chi connectivity index (χ2n) is 3.81. The number of hydrogen-bond donors (Lipinski definition) is 2. The lowest BCUT2D eigenvalue weighted by Crippen LogP contribution is -2.41. The Balaban J connectivity index is 2.77. The van der Waals surface area contributed by atoms with Gasteiger partial charge in [-0.15, -0.1) is 0 Å². The summed E-state index contributed by atoms with van der Waals surface area (Å²) in [5.74, 6) is -1.46. The number of nitrogens with zero attached hydrogens (tertiary/aromatic N) is 1. The van der Waals surface area contributed by atoms with Crippen LogP contribution in [-0.2, 0) is 11.8 Å². The normalized spacial score (nSPS) is 12.2. The molecule has 1 rings (SSSR count). The van der Waals surface area contributed by atoms with Crippen LogP contribution in [0.15, 0.2) is 12.3 Å². The minimum absolute atomic E-state index is 0.345. The summed E-state index contributed by atoms with van der Waals surface area (Å²) in [4.78, 5) is 22.7. The van der Waals surface area contributed by atoms with Gasteiger partial charge < -0.3 is 15.0 Å². The Morgan fingerprint density at radius 1 is 1.59 bits per heavy atom. The Hall–Kier alpha value is -1.49. The van der Waals surface area contributed by atoms with Gasteiger partial charge in [-0.05, 0) is 12.5 Å². The first-order valence-electron chi connectivity index (χ1n) is 5.31. The van der Waals surface area contributed by atoms with Crippen molar-refractivity contribution in [3.8, 4) is 0 Å². The van der Waals surface area contributed by atoms with Crippen molar-refractivity contribution >= 4 is 23.5 Å². The maximum absolute atomic E-state index is 11.8. The molecule has 1 heterocycles. The van der Waals surface area contributed by atoms with E-state index in [4.69, 9.17) is 16.7 Å². The van der Waals surface area contributed by atoms with Gasteiger partial charge >= 0.3 is 5.97 Å². The molecule has 0 aliphatic rings. The third-order valence-corrected chi connectivity index (χ3v) is 2.59. The Kier molecular flexibility index (Phi) is 4.57. The molecule has 0 saturated carbocycles. The van der Waals surface area contributed by atoms with Crippen LogP contribution in [-0.4, -0.2) is 27.6 Å². The van der Waals surface area contributed by atoms with Gasteiger partial charge in [-0.2, -0.15) is 0 Å². The number of aryl methyl sites for hydroxylation is 1. The lowest BCUT2D eigenvalue weighted by Gasteiger charge is -2.13. The van der Waals surface area contributed by atoms with Gasteiger partial charge in [-0.25, -0.2) is 4.79 Å². The summed E-state index contributed by atoms with van der Waals surface area (Å²) >= 11 is 5.75. The number of carbonyl (C=O) groups excluding carboxylic acids is 1. The minimum Gasteiger partial charge on any atom is -0.480 e.